The lowest BCUT2D eigenvalue weighted by Crippen LogP contribution is -2.05. The Morgan fingerprint density at radius 2 is 2.21 bits per heavy atom. The van der Waals surface area contributed by atoms with Crippen LogP contribution in [0.1, 0.15) is 24.7 Å². The molecule has 1 aliphatic rings. The molecular weight excluding hydrogens is 250 g/mol. The molecule has 2 N–H and O–H groups in total. The summed E-state index contributed by atoms with van der Waals surface area (Å²) in [6.45, 7) is 2.22. The van der Waals surface area contributed by atoms with Crippen molar-refractivity contribution >= 4 is 0 Å². The lowest BCUT2D eigenvalue weighted by Gasteiger charge is -2.04. The first-order chi connectivity index (χ1) is 9.22. The molecule has 0 spiro atoms. The molecule has 0 amide bonds. The molecule has 1 aromatic heterocycles. The molecule has 0 saturated heterocycles. The second-order valence-corrected chi connectivity index (χ2v) is 4.14. The van der Waals surface area contributed by atoms with Gasteiger partial charge in [0, 0.05) is 6.07 Å². The molecule has 0 bridgehead atoms. The van der Waals surface area contributed by atoms with Gasteiger partial charge in [0.05, 0.1) is 6.04 Å². The third-order valence-electron chi connectivity index (χ3n) is 2.59. The Balaban J connectivity index is 1.65. The first kappa shape index (κ1) is 11.8. The van der Waals surface area contributed by atoms with Crippen LogP contribution in [-0.4, -0.2) is 16.9 Å². The van der Waals surface area contributed by atoms with Gasteiger partial charge >= 0.3 is 0 Å². The number of nitrogens with zero attached hydrogens (tertiary/aromatic N) is 2. The van der Waals surface area contributed by atoms with Gasteiger partial charge < -0.3 is 24.5 Å². The summed E-state index contributed by atoms with van der Waals surface area (Å²) in [5.41, 5.74) is 5.63. The monoisotopic (exact) mass is 263 g/mol. The molecular formula is C12H13N3O4. The van der Waals surface area contributed by atoms with Gasteiger partial charge in [-0.25, -0.2) is 0 Å². The fraction of sp³-hybridized carbons (Fsp3) is 0.333. The molecule has 1 atom stereocenters. The van der Waals surface area contributed by atoms with Crippen LogP contribution in [0.15, 0.2) is 22.7 Å². The Morgan fingerprint density at radius 3 is 3.00 bits per heavy atom. The van der Waals surface area contributed by atoms with Crippen LogP contribution in [0, 0.1) is 0 Å². The van der Waals surface area contributed by atoms with E-state index in [1.165, 1.54) is 0 Å². The van der Waals surface area contributed by atoms with Gasteiger partial charge in [0.15, 0.2) is 18.1 Å². The number of rotatable bonds is 4. The molecule has 0 aliphatic carbocycles. The van der Waals surface area contributed by atoms with Gasteiger partial charge in [-0.05, 0) is 19.1 Å². The van der Waals surface area contributed by atoms with Gasteiger partial charge in [-0.2, -0.15) is 4.98 Å². The molecule has 100 valence electrons. The van der Waals surface area contributed by atoms with E-state index in [9.17, 15) is 0 Å². The average Bonchev–Trinajstić information content (AvgIpc) is 3.04. The second-order valence-electron chi connectivity index (χ2n) is 4.14. The van der Waals surface area contributed by atoms with Crippen LogP contribution in [0.2, 0.25) is 0 Å². The van der Waals surface area contributed by atoms with Gasteiger partial charge in [0.2, 0.25) is 18.5 Å². The predicted octanol–water partition coefficient (Wildman–Crippen LogP) is 1.40. The van der Waals surface area contributed by atoms with Crippen LogP contribution in [-0.2, 0) is 6.61 Å². The normalized spacial score (nSPS) is 14.4. The van der Waals surface area contributed by atoms with E-state index in [1.807, 2.05) is 0 Å². The molecule has 1 unspecified atom stereocenters. The lowest BCUT2D eigenvalue weighted by atomic mass is 10.3. The first-order valence-electron chi connectivity index (χ1n) is 5.83. The molecule has 0 fully saturated rings. The average molecular weight is 263 g/mol. The Kier molecular flexibility index (Phi) is 2.96. The standard InChI is InChI=1S/C12H13N3O4/c1-7(13)12-14-11(15-19-12)5-16-8-2-3-9-10(4-8)18-6-17-9/h2-4,7H,5-6,13H2,1H3. The number of hydrogen-bond donors (Lipinski definition) is 1. The molecule has 19 heavy (non-hydrogen) atoms. The Hall–Kier alpha value is -2.28. The van der Waals surface area contributed by atoms with Crippen molar-refractivity contribution < 1.29 is 18.7 Å². The van der Waals surface area contributed by atoms with Gasteiger partial charge in [-0.1, -0.05) is 5.16 Å². The summed E-state index contributed by atoms with van der Waals surface area (Å²) in [4.78, 5) is 4.11. The summed E-state index contributed by atoms with van der Waals surface area (Å²) in [5.74, 6) is 2.87. The number of fused-ring (bicyclic) bond motifs is 1. The van der Waals surface area contributed by atoms with Crippen LogP contribution < -0.4 is 19.9 Å². The zero-order valence-corrected chi connectivity index (χ0v) is 10.3. The van der Waals surface area contributed by atoms with E-state index in [2.05, 4.69) is 10.1 Å². The summed E-state index contributed by atoms with van der Waals surface area (Å²) in [5, 5.41) is 3.78. The minimum atomic E-state index is -0.285. The van der Waals surface area contributed by atoms with Crippen molar-refractivity contribution in [2.45, 2.75) is 19.6 Å². The highest BCUT2D eigenvalue weighted by atomic mass is 16.7. The number of aromatic nitrogens is 2. The molecule has 1 aromatic carbocycles. The minimum Gasteiger partial charge on any atom is -0.485 e. The zero-order valence-electron chi connectivity index (χ0n) is 10.3. The highest BCUT2D eigenvalue weighted by Crippen LogP contribution is 2.35. The van der Waals surface area contributed by atoms with E-state index < -0.39 is 0 Å². The minimum absolute atomic E-state index is 0.204. The van der Waals surface area contributed by atoms with Gasteiger partial charge in [-0.3, -0.25) is 0 Å². The highest BCUT2D eigenvalue weighted by molar-refractivity contribution is 5.46. The zero-order chi connectivity index (χ0) is 13.2. The summed E-state index contributed by atoms with van der Waals surface area (Å²) in [6.07, 6.45) is 0. The molecule has 2 heterocycles. The van der Waals surface area contributed by atoms with E-state index in [0.29, 0.717) is 29.0 Å². The summed E-state index contributed by atoms with van der Waals surface area (Å²) >= 11 is 0. The fourth-order valence-electron chi connectivity index (χ4n) is 1.63. The van der Waals surface area contributed by atoms with Crippen molar-refractivity contribution in [3.8, 4) is 17.2 Å². The van der Waals surface area contributed by atoms with E-state index in [-0.39, 0.29) is 19.4 Å². The number of benzene rings is 1. The Morgan fingerprint density at radius 1 is 1.37 bits per heavy atom. The van der Waals surface area contributed by atoms with Crippen LogP contribution in [0.25, 0.3) is 0 Å². The van der Waals surface area contributed by atoms with E-state index in [0.717, 1.165) is 0 Å². The largest absolute Gasteiger partial charge is 0.485 e. The predicted molar refractivity (Wildman–Crippen MR) is 63.8 cm³/mol. The summed E-state index contributed by atoms with van der Waals surface area (Å²) < 4.78 is 21.0. The lowest BCUT2D eigenvalue weighted by molar-refractivity contribution is 0.173. The van der Waals surface area contributed by atoms with Crippen molar-refractivity contribution in [3.63, 3.8) is 0 Å². The Labute approximate surface area is 109 Å². The van der Waals surface area contributed by atoms with Crippen LogP contribution >= 0.6 is 0 Å². The molecule has 7 nitrogen and oxygen atoms in total. The van der Waals surface area contributed by atoms with E-state index in [4.69, 9.17) is 24.5 Å². The molecule has 0 saturated carbocycles. The van der Waals surface area contributed by atoms with Crippen LogP contribution in [0.4, 0.5) is 0 Å². The summed E-state index contributed by atoms with van der Waals surface area (Å²) in [7, 11) is 0. The molecule has 0 radical (unpaired) electrons. The van der Waals surface area contributed by atoms with Crippen LogP contribution in [0.5, 0.6) is 17.2 Å². The highest BCUT2D eigenvalue weighted by Gasteiger charge is 2.14. The maximum absolute atomic E-state index is 5.63. The SMILES string of the molecule is CC(N)c1nc(COc2ccc3c(c2)OCO3)no1. The molecule has 2 aromatic rings. The summed E-state index contributed by atoms with van der Waals surface area (Å²) in [6, 6.07) is 5.06. The van der Waals surface area contributed by atoms with Crippen molar-refractivity contribution in [2.24, 2.45) is 5.73 Å². The van der Waals surface area contributed by atoms with Gasteiger partial charge in [0.25, 0.3) is 0 Å². The maximum Gasteiger partial charge on any atom is 0.243 e. The number of ether oxygens (including phenoxy) is 3. The fourth-order valence-corrected chi connectivity index (χ4v) is 1.63. The maximum atomic E-state index is 5.63. The van der Waals surface area contributed by atoms with Crippen molar-refractivity contribution in [3.05, 3.63) is 29.9 Å². The van der Waals surface area contributed by atoms with E-state index >= 15 is 0 Å². The quantitative estimate of drug-likeness (QED) is 0.891. The topological polar surface area (TPSA) is 92.6 Å². The third-order valence-corrected chi connectivity index (χ3v) is 2.59. The Bertz CT molecular complexity index is 582. The van der Waals surface area contributed by atoms with Crippen molar-refractivity contribution in [2.75, 3.05) is 6.79 Å². The van der Waals surface area contributed by atoms with Gasteiger partial charge in [0.1, 0.15) is 5.75 Å². The smallest absolute Gasteiger partial charge is 0.243 e. The number of hydrogen-bond acceptors (Lipinski definition) is 7. The van der Waals surface area contributed by atoms with Crippen molar-refractivity contribution in [1.29, 1.82) is 0 Å². The van der Waals surface area contributed by atoms with Crippen molar-refractivity contribution in [1.82, 2.24) is 10.1 Å². The van der Waals surface area contributed by atoms with E-state index in [1.54, 1.807) is 25.1 Å². The first-order valence-corrected chi connectivity index (χ1v) is 5.83. The van der Waals surface area contributed by atoms with Crippen LogP contribution in [0.3, 0.4) is 0 Å². The molecule has 1 aliphatic heterocycles. The third kappa shape index (κ3) is 2.45. The second kappa shape index (κ2) is 4.77. The molecule has 3 rings (SSSR count). The number of nitrogens with two attached hydrogens (primary N) is 1. The van der Waals surface area contributed by atoms with Gasteiger partial charge in [-0.15, -0.1) is 0 Å². The molecule has 7 heteroatoms.